The van der Waals surface area contributed by atoms with E-state index in [0.29, 0.717) is 17.9 Å². The first-order valence-corrected chi connectivity index (χ1v) is 9.70. The van der Waals surface area contributed by atoms with Gasteiger partial charge in [-0.3, -0.25) is 9.69 Å². The summed E-state index contributed by atoms with van der Waals surface area (Å²) >= 11 is 0. The Balaban J connectivity index is 1.52. The maximum absolute atomic E-state index is 12.5. The zero-order chi connectivity index (χ0) is 19.1. The van der Waals surface area contributed by atoms with Crippen LogP contribution in [0, 0.1) is 22.7 Å². The molecule has 2 fully saturated rings. The van der Waals surface area contributed by atoms with E-state index >= 15 is 0 Å². The van der Waals surface area contributed by atoms with Gasteiger partial charge in [0, 0.05) is 32.4 Å². The van der Waals surface area contributed by atoms with Crippen LogP contribution in [0.25, 0.3) is 0 Å². The van der Waals surface area contributed by atoms with Crippen LogP contribution in [0.4, 0.5) is 5.82 Å². The van der Waals surface area contributed by atoms with Crippen molar-refractivity contribution in [2.75, 3.05) is 37.6 Å². The molecule has 0 aromatic carbocycles. The van der Waals surface area contributed by atoms with Gasteiger partial charge in [-0.2, -0.15) is 10.5 Å². The summed E-state index contributed by atoms with van der Waals surface area (Å²) in [5.41, 5.74) is -0.113. The van der Waals surface area contributed by atoms with Gasteiger partial charge in [0.05, 0.1) is 18.2 Å². The van der Waals surface area contributed by atoms with Crippen molar-refractivity contribution in [3.05, 3.63) is 23.9 Å². The molecule has 1 N–H and O–H groups in total. The molecule has 2 heterocycles. The normalized spacial score (nSPS) is 20.1. The summed E-state index contributed by atoms with van der Waals surface area (Å²) in [5, 5.41) is 21.9. The number of nitrogens with one attached hydrogen (secondary N) is 1. The topological polar surface area (TPSA) is 96.1 Å². The molecule has 1 aliphatic carbocycles. The molecule has 1 saturated heterocycles. The van der Waals surface area contributed by atoms with Crippen LogP contribution in [-0.2, 0) is 4.79 Å². The molecule has 3 rings (SSSR count). The molecular weight excluding hydrogens is 340 g/mol. The lowest BCUT2D eigenvalue weighted by Crippen LogP contribution is -2.53. The van der Waals surface area contributed by atoms with Crippen LogP contribution >= 0.6 is 0 Å². The van der Waals surface area contributed by atoms with E-state index in [2.05, 4.69) is 32.2 Å². The minimum absolute atomic E-state index is 0.0672. The second-order valence-corrected chi connectivity index (χ2v) is 7.41. The standard InChI is InChI=1S/C20H26N6O/c21-14-17-6-5-9-23-19(17)26-12-10-25(11-13-26)15-18(27)24-20(16-22)7-3-1-2-4-8-20/h5-6,9H,1-4,7-8,10-13,15H2,(H,24,27). The van der Waals surface area contributed by atoms with E-state index in [-0.39, 0.29) is 5.91 Å². The highest BCUT2D eigenvalue weighted by molar-refractivity contribution is 5.79. The molecule has 0 spiro atoms. The lowest BCUT2D eigenvalue weighted by molar-refractivity contribution is -0.123. The van der Waals surface area contributed by atoms with Crippen molar-refractivity contribution in [1.82, 2.24) is 15.2 Å². The summed E-state index contributed by atoms with van der Waals surface area (Å²) in [6.07, 6.45) is 7.47. The number of nitrogens with zero attached hydrogens (tertiary/aromatic N) is 5. The smallest absolute Gasteiger partial charge is 0.235 e. The van der Waals surface area contributed by atoms with Gasteiger partial charge < -0.3 is 10.2 Å². The van der Waals surface area contributed by atoms with Gasteiger partial charge in [-0.05, 0) is 25.0 Å². The molecular formula is C20H26N6O. The average molecular weight is 366 g/mol. The SMILES string of the molecule is N#Cc1cccnc1N1CCN(CC(=O)NC2(C#N)CCCCCC2)CC1. The van der Waals surface area contributed by atoms with E-state index in [9.17, 15) is 15.3 Å². The predicted octanol–water partition coefficient (Wildman–Crippen LogP) is 1.81. The summed E-state index contributed by atoms with van der Waals surface area (Å²) in [7, 11) is 0. The summed E-state index contributed by atoms with van der Waals surface area (Å²) in [6, 6.07) is 8.09. The zero-order valence-corrected chi connectivity index (χ0v) is 15.7. The lowest BCUT2D eigenvalue weighted by Gasteiger charge is -2.36. The molecule has 142 valence electrons. The van der Waals surface area contributed by atoms with Crippen molar-refractivity contribution in [1.29, 1.82) is 10.5 Å². The van der Waals surface area contributed by atoms with Gasteiger partial charge in [0.1, 0.15) is 17.4 Å². The average Bonchev–Trinajstić information content (AvgIpc) is 2.94. The minimum Gasteiger partial charge on any atom is -0.353 e. The number of carbonyl (C=O) groups is 1. The molecule has 27 heavy (non-hydrogen) atoms. The number of hydrogen-bond donors (Lipinski definition) is 1. The van der Waals surface area contributed by atoms with Crippen molar-refractivity contribution >= 4 is 11.7 Å². The summed E-state index contributed by atoms with van der Waals surface area (Å²) in [4.78, 5) is 21.1. The number of pyridine rings is 1. The molecule has 0 bridgehead atoms. The molecule has 1 aliphatic heterocycles. The van der Waals surface area contributed by atoms with E-state index in [4.69, 9.17) is 0 Å². The molecule has 0 radical (unpaired) electrons. The van der Waals surface area contributed by atoms with Crippen molar-refractivity contribution < 1.29 is 4.79 Å². The molecule has 1 amide bonds. The third-order valence-corrected chi connectivity index (χ3v) is 5.50. The van der Waals surface area contributed by atoms with Crippen LogP contribution < -0.4 is 10.2 Å². The van der Waals surface area contributed by atoms with E-state index < -0.39 is 5.54 Å². The Morgan fingerprint density at radius 2 is 1.85 bits per heavy atom. The number of carbonyl (C=O) groups excluding carboxylic acids is 1. The van der Waals surface area contributed by atoms with Crippen LogP contribution in [0.15, 0.2) is 18.3 Å². The molecule has 7 nitrogen and oxygen atoms in total. The van der Waals surface area contributed by atoms with Gasteiger partial charge in [0.15, 0.2) is 0 Å². The van der Waals surface area contributed by atoms with Crippen molar-refractivity contribution in [2.24, 2.45) is 0 Å². The third kappa shape index (κ3) is 4.75. The first-order chi connectivity index (χ1) is 13.2. The largest absolute Gasteiger partial charge is 0.353 e. The van der Waals surface area contributed by atoms with Gasteiger partial charge in [0.25, 0.3) is 0 Å². The first-order valence-electron chi connectivity index (χ1n) is 9.70. The van der Waals surface area contributed by atoms with E-state index in [1.165, 1.54) is 0 Å². The van der Waals surface area contributed by atoms with Crippen LogP contribution in [0.1, 0.15) is 44.1 Å². The van der Waals surface area contributed by atoms with Gasteiger partial charge >= 0.3 is 0 Å². The Hall–Kier alpha value is -2.64. The number of rotatable bonds is 4. The fraction of sp³-hybridized carbons (Fsp3) is 0.600. The van der Waals surface area contributed by atoms with Crippen molar-refractivity contribution in [3.63, 3.8) is 0 Å². The lowest BCUT2D eigenvalue weighted by atomic mass is 9.92. The molecule has 0 atom stereocenters. The maximum Gasteiger partial charge on any atom is 0.235 e. The highest BCUT2D eigenvalue weighted by Gasteiger charge is 2.33. The van der Waals surface area contributed by atoms with E-state index in [1.54, 1.807) is 18.3 Å². The Labute approximate surface area is 160 Å². The fourth-order valence-electron chi connectivity index (χ4n) is 3.96. The second-order valence-electron chi connectivity index (χ2n) is 7.41. The number of hydrogen-bond acceptors (Lipinski definition) is 6. The highest BCUT2D eigenvalue weighted by atomic mass is 16.2. The predicted molar refractivity (Wildman–Crippen MR) is 102 cm³/mol. The van der Waals surface area contributed by atoms with Crippen LogP contribution in [0.2, 0.25) is 0 Å². The van der Waals surface area contributed by atoms with Crippen LogP contribution in [-0.4, -0.2) is 54.1 Å². The number of aromatic nitrogens is 1. The van der Waals surface area contributed by atoms with Crippen LogP contribution in [0.5, 0.6) is 0 Å². The van der Waals surface area contributed by atoms with E-state index in [0.717, 1.165) is 64.7 Å². The van der Waals surface area contributed by atoms with Gasteiger partial charge in [0.2, 0.25) is 5.91 Å². The van der Waals surface area contributed by atoms with E-state index in [1.807, 2.05) is 0 Å². The van der Waals surface area contributed by atoms with Gasteiger partial charge in [-0.1, -0.05) is 25.7 Å². The van der Waals surface area contributed by atoms with Gasteiger partial charge in [-0.25, -0.2) is 4.98 Å². The highest BCUT2D eigenvalue weighted by Crippen LogP contribution is 2.26. The molecule has 2 aliphatic rings. The number of amides is 1. The second kappa shape index (κ2) is 8.83. The molecule has 1 aromatic rings. The number of nitriles is 2. The monoisotopic (exact) mass is 366 g/mol. The Kier molecular flexibility index (Phi) is 6.26. The number of piperazine rings is 1. The fourth-order valence-corrected chi connectivity index (χ4v) is 3.96. The molecule has 1 aromatic heterocycles. The molecule has 1 saturated carbocycles. The first kappa shape index (κ1) is 19.1. The quantitative estimate of drug-likeness (QED) is 0.817. The Morgan fingerprint density at radius 1 is 1.15 bits per heavy atom. The third-order valence-electron chi connectivity index (χ3n) is 5.50. The number of anilines is 1. The summed E-state index contributed by atoms with van der Waals surface area (Å²) in [5.74, 6) is 0.647. The Bertz CT molecular complexity index is 734. The minimum atomic E-state index is -0.689. The molecule has 0 unspecified atom stereocenters. The maximum atomic E-state index is 12.5. The zero-order valence-electron chi connectivity index (χ0n) is 15.7. The summed E-state index contributed by atoms with van der Waals surface area (Å²) < 4.78 is 0. The molecule has 7 heteroatoms. The Morgan fingerprint density at radius 3 is 2.48 bits per heavy atom. The van der Waals surface area contributed by atoms with Crippen LogP contribution in [0.3, 0.4) is 0 Å². The van der Waals surface area contributed by atoms with Crippen molar-refractivity contribution in [3.8, 4) is 12.1 Å². The van der Waals surface area contributed by atoms with Gasteiger partial charge in [-0.15, -0.1) is 0 Å². The summed E-state index contributed by atoms with van der Waals surface area (Å²) in [6.45, 7) is 3.22. The van der Waals surface area contributed by atoms with Crippen molar-refractivity contribution in [2.45, 2.75) is 44.1 Å².